The van der Waals surface area contributed by atoms with Gasteiger partial charge in [-0.1, -0.05) is 13.3 Å². The summed E-state index contributed by atoms with van der Waals surface area (Å²) in [5.74, 6) is 0.391. The second-order valence-corrected chi connectivity index (χ2v) is 5.37. The first-order valence-corrected chi connectivity index (χ1v) is 6.64. The fraction of sp³-hybridized carbons (Fsp3) is 0.750. The molecule has 1 unspecified atom stereocenters. The predicted octanol–water partition coefficient (Wildman–Crippen LogP) is 2.87. The first-order chi connectivity index (χ1) is 7.55. The zero-order chi connectivity index (χ0) is 12.2. The van der Waals surface area contributed by atoms with Gasteiger partial charge < -0.3 is 10.5 Å². The maximum absolute atomic E-state index is 5.78. The fourth-order valence-corrected chi connectivity index (χ4v) is 2.58. The molecule has 0 aliphatic carbocycles. The number of thiazole rings is 1. The smallest absolute Gasteiger partial charge is 0.124 e. The molecule has 0 saturated carbocycles. The zero-order valence-electron chi connectivity index (χ0n) is 10.6. The molecule has 1 rings (SSSR count). The third-order valence-corrected chi connectivity index (χ3v) is 4.05. The summed E-state index contributed by atoms with van der Waals surface area (Å²) in [7, 11) is 1.72. The number of methoxy groups -OCH3 is 1. The van der Waals surface area contributed by atoms with Crippen molar-refractivity contribution in [2.45, 2.75) is 45.1 Å². The van der Waals surface area contributed by atoms with Crippen LogP contribution in [0.25, 0.3) is 0 Å². The normalized spacial score (nSPS) is 14.1. The van der Waals surface area contributed by atoms with Crippen LogP contribution < -0.4 is 5.73 Å². The molecule has 0 radical (unpaired) electrons. The van der Waals surface area contributed by atoms with Gasteiger partial charge in [0.15, 0.2) is 0 Å². The molecule has 0 spiro atoms. The molecule has 4 heteroatoms. The van der Waals surface area contributed by atoms with Crippen molar-refractivity contribution < 1.29 is 4.74 Å². The number of aromatic nitrogens is 1. The highest BCUT2D eigenvalue weighted by atomic mass is 32.1. The average Bonchev–Trinajstić information content (AvgIpc) is 2.75. The first kappa shape index (κ1) is 13.6. The van der Waals surface area contributed by atoms with E-state index in [0.29, 0.717) is 12.5 Å². The molecule has 0 bridgehead atoms. The van der Waals surface area contributed by atoms with E-state index in [0.717, 1.165) is 23.5 Å². The van der Waals surface area contributed by atoms with Crippen LogP contribution in [0.4, 0.5) is 0 Å². The van der Waals surface area contributed by atoms with Crippen molar-refractivity contribution in [3.63, 3.8) is 0 Å². The van der Waals surface area contributed by atoms with Gasteiger partial charge in [0.25, 0.3) is 0 Å². The molecular weight excluding hydrogens is 220 g/mol. The monoisotopic (exact) mass is 242 g/mol. The summed E-state index contributed by atoms with van der Waals surface area (Å²) in [5.41, 5.74) is 6.60. The molecule has 0 aliphatic rings. The van der Waals surface area contributed by atoms with Crippen LogP contribution in [0, 0.1) is 0 Å². The highest BCUT2D eigenvalue weighted by Gasteiger charge is 2.24. The van der Waals surface area contributed by atoms with E-state index in [1.807, 2.05) is 13.8 Å². The van der Waals surface area contributed by atoms with Crippen LogP contribution in [0.5, 0.6) is 0 Å². The average molecular weight is 242 g/mol. The molecule has 1 atom stereocenters. The Kier molecular flexibility index (Phi) is 4.89. The van der Waals surface area contributed by atoms with Crippen LogP contribution in [0.15, 0.2) is 5.38 Å². The van der Waals surface area contributed by atoms with Crippen LogP contribution in [0.2, 0.25) is 0 Å². The first-order valence-electron chi connectivity index (χ1n) is 5.76. The minimum atomic E-state index is -0.297. The van der Waals surface area contributed by atoms with Gasteiger partial charge in [-0.05, 0) is 20.3 Å². The van der Waals surface area contributed by atoms with E-state index in [1.54, 1.807) is 18.4 Å². The Balaban J connectivity index is 2.85. The van der Waals surface area contributed by atoms with Gasteiger partial charge in [0, 0.05) is 25.0 Å². The van der Waals surface area contributed by atoms with E-state index >= 15 is 0 Å². The van der Waals surface area contributed by atoms with Gasteiger partial charge in [-0.3, -0.25) is 0 Å². The van der Waals surface area contributed by atoms with Gasteiger partial charge in [-0.25, -0.2) is 4.98 Å². The summed E-state index contributed by atoms with van der Waals surface area (Å²) in [6.45, 7) is 6.92. The molecule has 3 nitrogen and oxygen atoms in total. The molecule has 1 aromatic heterocycles. The molecule has 1 heterocycles. The molecule has 0 fully saturated rings. The summed E-state index contributed by atoms with van der Waals surface area (Å²) in [6, 6.07) is 0. The van der Waals surface area contributed by atoms with Crippen molar-refractivity contribution in [2.24, 2.45) is 5.73 Å². The lowest BCUT2D eigenvalue weighted by Gasteiger charge is -2.19. The Bertz CT molecular complexity index is 323. The van der Waals surface area contributed by atoms with Gasteiger partial charge in [0.1, 0.15) is 10.6 Å². The maximum Gasteiger partial charge on any atom is 0.124 e. The molecule has 0 saturated heterocycles. The van der Waals surface area contributed by atoms with Crippen molar-refractivity contribution in [3.05, 3.63) is 16.1 Å². The molecule has 0 amide bonds. The topological polar surface area (TPSA) is 48.1 Å². The molecule has 92 valence electrons. The van der Waals surface area contributed by atoms with Gasteiger partial charge in [0.2, 0.25) is 0 Å². The lowest BCUT2D eigenvalue weighted by atomic mass is 10.0. The Morgan fingerprint density at radius 3 is 2.75 bits per heavy atom. The number of hydrogen-bond donors (Lipinski definition) is 1. The number of nitrogens with zero attached hydrogens (tertiary/aromatic N) is 1. The molecule has 0 aliphatic heterocycles. The number of nitrogens with two attached hydrogens (primary N) is 1. The number of ether oxygens (including phenoxy) is 1. The Morgan fingerprint density at radius 1 is 1.56 bits per heavy atom. The van der Waals surface area contributed by atoms with Gasteiger partial charge in [-0.2, -0.15) is 0 Å². The molecular formula is C12H22N2OS. The maximum atomic E-state index is 5.78. The SMILES string of the molecule is CCCC(CN)c1csc(C(C)(C)OC)n1. The summed E-state index contributed by atoms with van der Waals surface area (Å²) >= 11 is 1.66. The number of hydrogen-bond acceptors (Lipinski definition) is 4. The summed E-state index contributed by atoms with van der Waals surface area (Å²) in [6.07, 6.45) is 2.25. The van der Waals surface area contributed by atoms with E-state index in [9.17, 15) is 0 Å². The summed E-state index contributed by atoms with van der Waals surface area (Å²) in [5, 5.41) is 3.14. The van der Waals surface area contributed by atoms with E-state index < -0.39 is 0 Å². The Hall–Kier alpha value is -0.450. The Labute approximate surface area is 102 Å². The highest BCUT2D eigenvalue weighted by molar-refractivity contribution is 7.09. The molecule has 1 aromatic rings. The van der Waals surface area contributed by atoms with Crippen molar-refractivity contribution in [3.8, 4) is 0 Å². The number of rotatable bonds is 6. The minimum Gasteiger partial charge on any atom is -0.372 e. The fourth-order valence-electron chi connectivity index (χ4n) is 1.57. The van der Waals surface area contributed by atoms with E-state index in [2.05, 4.69) is 17.3 Å². The Morgan fingerprint density at radius 2 is 2.25 bits per heavy atom. The molecule has 16 heavy (non-hydrogen) atoms. The molecule has 0 aromatic carbocycles. The van der Waals surface area contributed by atoms with Crippen molar-refractivity contribution >= 4 is 11.3 Å². The van der Waals surface area contributed by atoms with Crippen molar-refractivity contribution in [1.29, 1.82) is 0 Å². The highest BCUT2D eigenvalue weighted by Crippen LogP contribution is 2.30. The van der Waals surface area contributed by atoms with Gasteiger partial charge in [0.05, 0.1) is 5.69 Å². The van der Waals surface area contributed by atoms with Crippen molar-refractivity contribution in [2.75, 3.05) is 13.7 Å². The van der Waals surface area contributed by atoms with Gasteiger partial charge >= 0.3 is 0 Å². The quantitative estimate of drug-likeness (QED) is 0.834. The summed E-state index contributed by atoms with van der Waals surface area (Å²) in [4.78, 5) is 4.66. The van der Waals surface area contributed by atoms with E-state index in [4.69, 9.17) is 10.5 Å². The van der Waals surface area contributed by atoms with E-state index in [-0.39, 0.29) is 5.60 Å². The van der Waals surface area contributed by atoms with Gasteiger partial charge in [-0.15, -0.1) is 11.3 Å². The van der Waals surface area contributed by atoms with Crippen LogP contribution in [0.1, 0.15) is 50.2 Å². The standard InChI is InChI=1S/C12H22N2OS/c1-5-6-9(7-13)10-8-16-11(14-10)12(2,3)15-4/h8-9H,5-7,13H2,1-4H3. The minimum absolute atomic E-state index is 0.297. The second kappa shape index (κ2) is 5.75. The van der Waals surface area contributed by atoms with Crippen LogP contribution in [-0.4, -0.2) is 18.6 Å². The van der Waals surface area contributed by atoms with Crippen molar-refractivity contribution in [1.82, 2.24) is 4.98 Å². The molecule has 2 N–H and O–H groups in total. The third kappa shape index (κ3) is 3.03. The third-order valence-electron chi connectivity index (χ3n) is 2.89. The van der Waals surface area contributed by atoms with E-state index in [1.165, 1.54) is 0 Å². The van der Waals surface area contributed by atoms with Crippen LogP contribution >= 0.6 is 11.3 Å². The lowest BCUT2D eigenvalue weighted by molar-refractivity contribution is 0.0189. The lowest BCUT2D eigenvalue weighted by Crippen LogP contribution is -2.20. The largest absolute Gasteiger partial charge is 0.372 e. The zero-order valence-corrected chi connectivity index (χ0v) is 11.4. The summed E-state index contributed by atoms with van der Waals surface area (Å²) < 4.78 is 5.43. The van der Waals surface area contributed by atoms with Crippen LogP contribution in [-0.2, 0) is 10.3 Å². The van der Waals surface area contributed by atoms with Crippen LogP contribution in [0.3, 0.4) is 0 Å². The second-order valence-electron chi connectivity index (χ2n) is 4.51. The predicted molar refractivity (Wildman–Crippen MR) is 68.9 cm³/mol.